The summed E-state index contributed by atoms with van der Waals surface area (Å²) in [6, 6.07) is 19.6. The van der Waals surface area contributed by atoms with Crippen LogP contribution in [0.3, 0.4) is 0 Å². The van der Waals surface area contributed by atoms with E-state index in [1.807, 2.05) is 22.7 Å². The van der Waals surface area contributed by atoms with Crippen molar-refractivity contribution in [2.24, 2.45) is 11.8 Å². The number of fused-ring (bicyclic) bond motifs is 5. The summed E-state index contributed by atoms with van der Waals surface area (Å²) >= 11 is 7.93. The first kappa shape index (κ1) is 95.3. The molecular formula is C107H170N2O2S4. The van der Waals surface area contributed by atoms with E-state index in [-0.39, 0.29) is 22.6 Å². The van der Waals surface area contributed by atoms with Crippen LogP contribution >= 0.6 is 45.3 Å². The predicted molar refractivity (Wildman–Crippen MR) is 516 cm³/mol. The lowest BCUT2D eigenvalue weighted by atomic mass is 9.85. The highest BCUT2D eigenvalue weighted by atomic mass is 32.1. The molecule has 0 spiro atoms. The Kier molecular flexibility index (Phi) is 44.2. The maximum Gasteiger partial charge on any atom is 0.260 e. The fourth-order valence-electron chi connectivity index (χ4n) is 19.7. The Bertz CT molecular complexity index is 3760. The summed E-state index contributed by atoms with van der Waals surface area (Å²) in [7, 11) is 0. The topological polar surface area (TPSA) is 40.6 Å². The normalized spacial score (nSPS) is 16.1. The minimum atomic E-state index is 0.0161. The molecular weight excluding hydrogens is 1470 g/mol. The summed E-state index contributed by atoms with van der Waals surface area (Å²) in [5.74, 6) is 1.19. The maximum absolute atomic E-state index is 16.6. The van der Waals surface area contributed by atoms with Gasteiger partial charge in [0.2, 0.25) is 0 Å². The summed E-state index contributed by atoms with van der Waals surface area (Å²) in [6.45, 7) is 25.3. The van der Waals surface area contributed by atoms with Crippen molar-refractivity contribution >= 4 is 99.9 Å². The summed E-state index contributed by atoms with van der Waals surface area (Å²) in [5.41, 5.74) is 7.12. The van der Waals surface area contributed by atoms with Gasteiger partial charge in [0.15, 0.2) is 0 Å². The number of anilines is 2. The Balaban J connectivity index is 1.14. The van der Waals surface area contributed by atoms with E-state index in [1.165, 1.54) is 420 Å². The van der Waals surface area contributed by atoms with Crippen LogP contribution in [0.25, 0.3) is 41.1 Å². The van der Waals surface area contributed by atoms with Gasteiger partial charge < -0.3 is 9.80 Å². The zero-order chi connectivity index (χ0) is 81.3. The van der Waals surface area contributed by atoms with Crippen LogP contribution < -0.4 is 20.2 Å². The molecule has 4 nitrogen and oxygen atoms in total. The van der Waals surface area contributed by atoms with E-state index >= 15 is 9.59 Å². The smallest absolute Gasteiger partial charge is 0.260 e. The second-order valence-electron chi connectivity index (χ2n) is 38.8. The van der Waals surface area contributed by atoms with Gasteiger partial charge in [-0.1, -0.05) is 416 Å². The van der Waals surface area contributed by atoms with Gasteiger partial charge in [0.05, 0.1) is 22.5 Å². The fraction of sp³-hybridized carbons (Fsp3) is 0.738. The first-order chi connectivity index (χ1) is 56.2. The van der Waals surface area contributed by atoms with Gasteiger partial charge in [-0.25, -0.2) is 0 Å². The van der Waals surface area contributed by atoms with Gasteiger partial charge in [0, 0.05) is 62.2 Å². The first-order valence-electron chi connectivity index (χ1n) is 50.0. The molecule has 2 atom stereocenters. The van der Waals surface area contributed by atoms with Crippen molar-refractivity contribution in [2.45, 2.75) is 485 Å². The van der Waals surface area contributed by atoms with E-state index in [1.54, 1.807) is 15.8 Å². The lowest BCUT2D eigenvalue weighted by Gasteiger charge is -2.27. The minimum absolute atomic E-state index is 0.0161. The van der Waals surface area contributed by atoms with Gasteiger partial charge >= 0.3 is 0 Å². The van der Waals surface area contributed by atoms with Crippen molar-refractivity contribution in [3.05, 3.63) is 89.6 Å². The molecule has 0 aliphatic carbocycles. The molecule has 0 saturated heterocycles. The van der Waals surface area contributed by atoms with Crippen LogP contribution in [-0.2, 0) is 33.3 Å². The molecule has 2 aromatic carbocycles. The number of amides is 2. The number of carbonyl (C=O) groups is 2. The van der Waals surface area contributed by atoms with Crippen molar-refractivity contribution in [2.75, 3.05) is 22.9 Å². The van der Waals surface area contributed by atoms with E-state index in [0.717, 1.165) is 75.1 Å². The SMILES string of the molecule is CCCCCCCCCCCCc1c2cc(C(C)(C)C)sc2c(CCCCCCCCCCCC)c2cc(-c3ccc(C4=c5cc6c7cc5N(CC(CCCCCCCCCCCC)CCCCCCCCCCC(C)(C)c5ccc(s5)C=7C(=O)N6CC(CCCCCCCCCC)CCCCCCCCCCCC)C4=O)s3)sc12. The number of thiophene rings is 4. The Hall–Kier alpha value is -3.56. The summed E-state index contributed by atoms with van der Waals surface area (Å²) in [5, 5.41) is 5.16. The van der Waals surface area contributed by atoms with Gasteiger partial charge in [-0.2, -0.15) is 0 Å². The van der Waals surface area contributed by atoms with Gasteiger partial charge in [-0.3, -0.25) is 9.59 Å². The highest BCUT2D eigenvalue weighted by Gasteiger charge is 2.39. The first-order valence-corrected chi connectivity index (χ1v) is 53.3. The number of aryl methyl sites for hydroxylation is 2. The van der Waals surface area contributed by atoms with Gasteiger partial charge in [-0.15, -0.1) is 45.3 Å². The summed E-state index contributed by atoms with van der Waals surface area (Å²) < 4.78 is 3.08. The molecule has 4 bridgehead atoms. The third-order valence-corrected chi connectivity index (χ3v) is 32.8. The van der Waals surface area contributed by atoms with Crippen LogP contribution in [0.4, 0.5) is 11.4 Å². The van der Waals surface area contributed by atoms with E-state index in [9.17, 15) is 0 Å². The summed E-state index contributed by atoms with van der Waals surface area (Å²) in [6.07, 6.45) is 82.7. The maximum atomic E-state index is 16.6. The molecule has 115 heavy (non-hydrogen) atoms. The minimum Gasteiger partial charge on any atom is -0.307 e. The van der Waals surface area contributed by atoms with Crippen LogP contribution in [0.15, 0.2) is 48.5 Å². The van der Waals surface area contributed by atoms with Crippen molar-refractivity contribution in [1.82, 2.24) is 0 Å². The van der Waals surface area contributed by atoms with Gasteiger partial charge in [-0.05, 0) is 151 Å². The second kappa shape index (κ2) is 53.4. The number of nitrogens with zero attached hydrogens (tertiary/aromatic N) is 2. The van der Waals surface area contributed by atoms with Crippen LogP contribution in [0.5, 0.6) is 0 Å². The molecule has 2 unspecified atom stereocenters. The van der Waals surface area contributed by atoms with Crippen LogP contribution in [0.1, 0.15) is 492 Å². The highest BCUT2D eigenvalue weighted by molar-refractivity contribution is 7.27. The number of rotatable bonds is 57. The van der Waals surface area contributed by atoms with E-state index in [0.29, 0.717) is 11.8 Å². The molecule has 6 aromatic rings. The van der Waals surface area contributed by atoms with Crippen molar-refractivity contribution in [3.63, 3.8) is 0 Å². The largest absolute Gasteiger partial charge is 0.307 e. The Morgan fingerprint density at radius 1 is 0.391 bits per heavy atom. The van der Waals surface area contributed by atoms with Crippen molar-refractivity contribution < 1.29 is 9.59 Å². The predicted octanol–water partition coefficient (Wildman–Crippen LogP) is 34.8. The van der Waals surface area contributed by atoms with Crippen molar-refractivity contribution in [1.29, 1.82) is 0 Å². The zero-order valence-corrected chi connectivity index (χ0v) is 79.3. The molecule has 2 amide bonds. The van der Waals surface area contributed by atoms with Crippen LogP contribution in [0.2, 0.25) is 0 Å². The number of carbonyl (C=O) groups excluding carboxylic acids is 2. The lowest BCUT2D eigenvalue weighted by molar-refractivity contribution is -0.114. The molecule has 0 fully saturated rings. The van der Waals surface area contributed by atoms with Crippen molar-refractivity contribution in [3.8, 4) is 9.75 Å². The monoisotopic (exact) mass is 1640 g/mol. The second-order valence-corrected chi connectivity index (χ2v) is 43.0. The third kappa shape index (κ3) is 30.5. The molecule has 8 heteroatoms. The number of hydrogen-bond donors (Lipinski definition) is 0. The highest BCUT2D eigenvalue weighted by Crippen LogP contribution is 2.49. The van der Waals surface area contributed by atoms with Gasteiger partial charge in [0.1, 0.15) is 0 Å². The molecule has 0 saturated carbocycles. The molecule has 644 valence electrons. The molecule has 0 radical (unpaired) electrons. The molecule has 7 heterocycles. The Morgan fingerprint density at radius 2 is 0.783 bits per heavy atom. The average molecular weight is 1640 g/mol. The van der Waals surface area contributed by atoms with E-state index in [4.69, 9.17) is 0 Å². The number of hydrogen-bond acceptors (Lipinski definition) is 6. The average Bonchev–Trinajstić information content (AvgIpc) is 1.57. The molecule has 3 aliphatic heterocycles. The van der Waals surface area contributed by atoms with Crippen LogP contribution in [-0.4, -0.2) is 24.9 Å². The Morgan fingerprint density at radius 3 is 1.28 bits per heavy atom. The molecule has 9 rings (SSSR count). The van der Waals surface area contributed by atoms with E-state index < -0.39 is 0 Å². The Labute approximate surface area is 722 Å². The molecule has 0 N–H and O–H groups in total. The molecule has 3 aliphatic rings. The standard InChI is InChI=1S/C107H170N2O2S4/c1-11-16-21-26-31-36-40-47-54-61-68-84-69-63-56-49-44-45-52-59-66-77-107(9,10)98-76-75-96(113-98)101-91-79-92-90(78-93(91)109(105(101)111)83-85(67-60-53-46-35-30-25-20-15-5)70-62-55-48-41-37-32-27-22-17-12-2)100(104(110)108(92)82-84)95-74-73-94(112-95)97-80-88-86(71-64-57-50-42-38-33-28-23-18-13-3)103-89(81-99(115-103)106(6,7)8)87(102(88)114-97)72-65-58-51-43-39-34-29-24-19-14-4/h73-76,78-81,84-85H,11-72,77,82-83H2,1-10H3. The van der Waals surface area contributed by atoms with E-state index in [2.05, 4.69) is 150 Å². The fourth-order valence-corrected chi connectivity index (χ4v) is 24.6. The quantitative estimate of drug-likeness (QED) is 0.0357. The lowest BCUT2D eigenvalue weighted by Crippen LogP contribution is -2.35. The number of benzene rings is 2. The molecule has 4 aromatic heterocycles. The summed E-state index contributed by atoms with van der Waals surface area (Å²) in [4.78, 5) is 45.3. The van der Waals surface area contributed by atoms with Gasteiger partial charge in [0.25, 0.3) is 11.8 Å². The van der Waals surface area contributed by atoms with Crippen LogP contribution in [0, 0.1) is 11.8 Å². The number of unbranched alkanes of at least 4 members (excludes halogenated alkanes) is 43. The zero-order valence-electron chi connectivity index (χ0n) is 76.1. The third-order valence-electron chi connectivity index (χ3n) is 27.2.